The van der Waals surface area contributed by atoms with Crippen LogP contribution in [-0.2, 0) is 11.2 Å². The second-order valence-corrected chi connectivity index (χ2v) is 5.17. The maximum Gasteiger partial charge on any atom is 0.162 e. The number of halogens is 2. The van der Waals surface area contributed by atoms with Gasteiger partial charge in [-0.1, -0.05) is 32.9 Å². The molecule has 0 aliphatic heterocycles. The van der Waals surface area contributed by atoms with E-state index < -0.39 is 11.6 Å². The smallest absolute Gasteiger partial charge is 0.162 e. The zero-order chi connectivity index (χ0) is 12.3. The van der Waals surface area contributed by atoms with E-state index >= 15 is 0 Å². The fraction of sp³-hybridized carbons (Fsp3) is 0.462. The van der Waals surface area contributed by atoms with E-state index in [4.69, 9.17) is 0 Å². The molecule has 0 fully saturated rings. The zero-order valence-electron chi connectivity index (χ0n) is 9.81. The lowest BCUT2D eigenvalue weighted by atomic mass is 9.88. The summed E-state index contributed by atoms with van der Waals surface area (Å²) in [6.07, 6.45) is 0.323. The van der Waals surface area contributed by atoms with Crippen molar-refractivity contribution in [1.29, 1.82) is 0 Å². The van der Waals surface area contributed by atoms with Crippen LogP contribution in [0.15, 0.2) is 18.2 Å². The van der Waals surface area contributed by atoms with Gasteiger partial charge in [0.1, 0.15) is 5.78 Å². The maximum atomic E-state index is 13.3. The van der Waals surface area contributed by atoms with Gasteiger partial charge in [0.05, 0.1) is 0 Å². The summed E-state index contributed by atoms with van der Waals surface area (Å²) in [6, 6.07) is 3.91. The minimum absolute atomic E-state index is 0.0408. The van der Waals surface area contributed by atoms with Gasteiger partial charge in [-0.3, -0.25) is 4.79 Å². The van der Waals surface area contributed by atoms with Crippen LogP contribution < -0.4 is 0 Å². The molecule has 0 heterocycles. The van der Waals surface area contributed by atoms with Crippen molar-refractivity contribution in [2.75, 3.05) is 0 Å². The van der Waals surface area contributed by atoms with Crippen molar-refractivity contribution in [2.24, 2.45) is 5.41 Å². The Labute approximate surface area is 94.5 Å². The quantitative estimate of drug-likeness (QED) is 0.770. The predicted octanol–water partition coefficient (Wildman–Crippen LogP) is 3.51. The van der Waals surface area contributed by atoms with E-state index in [0.29, 0.717) is 6.42 Å². The normalized spacial score (nSPS) is 11.6. The molecule has 0 saturated heterocycles. The number of hydrogen-bond donors (Lipinski definition) is 0. The fourth-order valence-electron chi connectivity index (χ4n) is 1.55. The van der Waals surface area contributed by atoms with Crippen LogP contribution in [0.4, 0.5) is 8.78 Å². The summed E-state index contributed by atoms with van der Waals surface area (Å²) >= 11 is 0. The molecule has 0 amide bonds. The Bertz CT molecular complexity index is 391. The molecular formula is C13H16F2O. The van der Waals surface area contributed by atoms with E-state index in [2.05, 4.69) is 0 Å². The van der Waals surface area contributed by atoms with E-state index in [1.54, 1.807) is 0 Å². The van der Waals surface area contributed by atoms with Crippen LogP contribution in [0.3, 0.4) is 0 Å². The summed E-state index contributed by atoms with van der Waals surface area (Å²) in [5, 5.41) is 0. The lowest BCUT2D eigenvalue weighted by Gasteiger charge is -2.16. The van der Waals surface area contributed by atoms with Crippen LogP contribution >= 0.6 is 0 Å². The molecule has 0 saturated carbocycles. The first-order valence-electron chi connectivity index (χ1n) is 5.24. The third-order valence-corrected chi connectivity index (χ3v) is 2.15. The van der Waals surface area contributed by atoms with Crippen LogP contribution in [0.1, 0.15) is 32.8 Å². The Kier molecular flexibility index (Phi) is 3.79. The Morgan fingerprint density at radius 3 is 2.44 bits per heavy atom. The summed E-state index contributed by atoms with van der Waals surface area (Å²) in [5.41, 5.74) is 0.00944. The van der Waals surface area contributed by atoms with Gasteiger partial charge in [-0.2, -0.15) is 0 Å². The van der Waals surface area contributed by atoms with Crippen LogP contribution in [-0.4, -0.2) is 5.78 Å². The van der Waals surface area contributed by atoms with E-state index in [9.17, 15) is 13.6 Å². The van der Waals surface area contributed by atoms with E-state index in [1.165, 1.54) is 12.1 Å². The Morgan fingerprint density at radius 2 is 1.88 bits per heavy atom. The number of rotatable bonds is 3. The Hall–Kier alpha value is -1.25. The number of benzene rings is 1. The van der Waals surface area contributed by atoms with Gasteiger partial charge in [-0.15, -0.1) is 0 Å². The highest BCUT2D eigenvalue weighted by Crippen LogP contribution is 2.21. The van der Waals surface area contributed by atoms with Crippen molar-refractivity contribution in [2.45, 2.75) is 33.6 Å². The summed E-state index contributed by atoms with van der Waals surface area (Å²) in [7, 11) is 0. The van der Waals surface area contributed by atoms with Crippen LogP contribution in [0.25, 0.3) is 0 Å². The third-order valence-electron chi connectivity index (χ3n) is 2.15. The summed E-state index contributed by atoms with van der Waals surface area (Å²) in [6.45, 7) is 5.81. The van der Waals surface area contributed by atoms with E-state index in [1.807, 2.05) is 20.8 Å². The molecule has 0 N–H and O–H groups in total. The maximum absolute atomic E-state index is 13.3. The van der Waals surface area contributed by atoms with Crippen LogP contribution in [0.5, 0.6) is 0 Å². The topological polar surface area (TPSA) is 17.1 Å². The minimum Gasteiger partial charge on any atom is -0.299 e. The number of carbonyl (C=O) groups is 1. The molecule has 1 rings (SSSR count). The van der Waals surface area contributed by atoms with Gasteiger partial charge < -0.3 is 0 Å². The monoisotopic (exact) mass is 226 g/mol. The molecule has 1 nitrogen and oxygen atoms in total. The molecule has 3 heteroatoms. The van der Waals surface area contributed by atoms with Crippen molar-refractivity contribution in [3.05, 3.63) is 35.4 Å². The molecule has 1 aromatic rings. The third kappa shape index (κ3) is 3.72. The summed E-state index contributed by atoms with van der Waals surface area (Å²) < 4.78 is 26.1. The first-order chi connectivity index (χ1) is 7.29. The average Bonchev–Trinajstić information content (AvgIpc) is 2.09. The van der Waals surface area contributed by atoms with Crippen molar-refractivity contribution < 1.29 is 13.6 Å². The molecule has 88 valence electrons. The fourth-order valence-corrected chi connectivity index (χ4v) is 1.55. The van der Waals surface area contributed by atoms with Crippen molar-refractivity contribution in [3.63, 3.8) is 0 Å². The number of hydrogen-bond acceptors (Lipinski definition) is 1. The molecule has 0 spiro atoms. The number of ketones is 1. The SMILES string of the molecule is CC(C)(C)CC(=O)Cc1cccc(F)c1F. The van der Waals surface area contributed by atoms with Crippen molar-refractivity contribution in [1.82, 2.24) is 0 Å². The van der Waals surface area contributed by atoms with Crippen molar-refractivity contribution >= 4 is 5.78 Å². The molecule has 0 aromatic heterocycles. The predicted molar refractivity (Wildman–Crippen MR) is 59.1 cm³/mol. The zero-order valence-corrected chi connectivity index (χ0v) is 9.81. The second-order valence-electron chi connectivity index (χ2n) is 5.17. The lowest BCUT2D eigenvalue weighted by Crippen LogP contribution is -2.15. The molecule has 0 bridgehead atoms. The van der Waals surface area contributed by atoms with Gasteiger partial charge in [0.15, 0.2) is 11.6 Å². The molecule has 0 aliphatic carbocycles. The number of carbonyl (C=O) groups excluding carboxylic acids is 1. The molecule has 16 heavy (non-hydrogen) atoms. The lowest BCUT2D eigenvalue weighted by molar-refractivity contribution is -0.120. The first kappa shape index (κ1) is 12.8. The van der Waals surface area contributed by atoms with Gasteiger partial charge in [-0.25, -0.2) is 8.78 Å². The molecular weight excluding hydrogens is 210 g/mol. The van der Waals surface area contributed by atoms with Gasteiger partial charge in [-0.05, 0) is 17.0 Å². The minimum atomic E-state index is -0.912. The van der Waals surface area contributed by atoms with Gasteiger partial charge in [0, 0.05) is 12.8 Å². The summed E-state index contributed by atoms with van der Waals surface area (Å²) in [4.78, 5) is 11.6. The highest BCUT2D eigenvalue weighted by Gasteiger charge is 2.18. The first-order valence-corrected chi connectivity index (χ1v) is 5.24. The molecule has 0 unspecified atom stereocenters. The van der Waals surface area contributed by atoms with Gasteiger partial charge in [0.2, 0.25) is 0 Å². The molecule has 0 atom stereocenters. The molecule has 0 aliphatic rings. The molecule has 0 radical (unpaired) electrons. The van der Waals surface area contributed by atoms with E-state index in [0.717, 1.165) is 6.07 Å². The average molecular weight is 226 g/mol. The largest absolute Gasteiger partial charge is 0.299 e. The van der Waals surface area contributed by atoms with Crippen molar-refractivity contribution in [3.8, 4) is 0 Å². The summed E-state index contributed by atoms with van der Waals surface area (Å²) in [5.74, 6) is -1.89. The second kappa shape index (κ2) is 4.73. The number of Topliss-reactive ketones (excluding diaryl/α,β-unsaturated/α-hetero) is 1. The Balaban J connectivity index is 2.74. The van der Waals surface area contributed by atoms with Gasteiger partial charge >= 0.3 is 0 Å². The highest BCUT2D eigenvalue weighted by atomic mass is 19.2. The standard InChI is InChI=1S/C13H16F2O/c1-13(2,3)8-10(16)7-9-5-4-6-11(14)12(9)15/h4-6H,7-8H2,1-3H3. The van der Waals surface area contributed by atoms with Crippen LogP contribution in [0.2, 0.25) is 0 Å². The van der Waals surface area contributed by atoms with E-state index in [-0.39, 0.29) is 23.2 Å². The highest BCUT2D eigenvalue weighted by molar-refractivity contribution is 5.81. The Morgan fingerprint density at radius 1 is 1.25 bits per heavy atom. The van der Waals surface area contributed by atoms with Gasteiger partial charge in [0.25, 0.3) is 0 Å². The molecule has 1 aromatic carbocycles. The van der Waals surface area contributed by atoms with Crippen LogP contribution in [0, 0.1) is 17.0 Å².